The van der Waals surface area contributed by atoms with E-state index in [1.54, 1.807) is 0 Å². The number of non-ortho nitro benzene ring substituents is 1. The maximum Gasteiger partial charge on any atom is 0.269 e. The normalized spacial score (nSPS) is 11.4. The molecular weight excluding hydrogens is 322 g/mol. The minimum Gasteiger partial charge on any atom is -0.352 e. The molecule has 0 bridgehead atoms. The lowest BCUT2D eigenvalue weighted by atomic mass is 10.1. The predicted octanol–water partition coefficient (Wildman–Crippen LogP) is 2.59. The SMILES string of the molecule is CC(NC(=O)CCNC(=O)c1ccc([N+](=O)[O-])cc1)c1ccccc1. The van der Waals surface area contributed by atoms with Crippen LogP contribution in [0.25, 0.3) is 0 Å². The molecular formula is C18H19N3O4. The highest BCUT2D eigenvalue weighted by molar-refractivity contribution is 5.94. The van der Waals surface area contributed by atoms with Crippen molar-refractivity contribution in [2.45, 2.75) is 19.4 Å². The number of nitro groups is 1. The Kier molecular flexibility index (Phi) is 6.22. The van der Waals surface area contributed by atoms with E-state index >= 15 is 0 Å². The first-order chi connectivity index (χ1) is 12.0. The van der Waals surface area contributed by atoms with Gasteiger partial charge in [0, 0.05) is 30.7 Å². The Balaban J connectivity index is 1.76. The molecule has 7 nitrogen and oxygen atoms in total. The maximum atomic E-state index is 11.9. The molecule has 0 saturated carbocycles. The number of carbonyl (C=O) groups is 2. The molecule has 0 fully saturated rings. The molecule has 2 rings (SSSR count). The van der Waals surface area contributed by atoms with Crippen LogP contribution >= 0.6 is 0 Å². The summed E-state index contributed by atoms with van der Waals surface area (Å²) in [7, 11) is 0. The smallest absolute Gasteiger partial charge is 0.269 e. The van der Waals surface area contributed by atoms with Gasteiger partial charge in [-0.1, -0.05) is 30.3 Å². The minimum atomic E-state index is -0.528. The van der Waals surface area contributed by atoms with Crippen molar-refractivity contribution in [3.8, 4) is 0 Å². The Labute approximate surface area is 145 Å². The first-order valence-electron chi connectivity index (χ1n) is 7.84. The third-order valence-corrected chi connectivity index (χ3v) is 3.65. The summed E-state index contributed by atoms with van der Waals surface area (Å²) < 4.78 is 0. The number of rotatable bonds is 7. The van der Waals surface area contributed by atoms with Crippen LogP contribution < -0.4 is 10.6 Å². The average molecular weight is 341 g/mol. The van der Waals surface area contributed by atoms with E-state index in [9.17, 15) is 19.7 Å². The number of amides is 2. The van der Waals surface area contributed by atoms with Gasteiger partial charge in [-0.15, -0.1) is 0 Å². The van der Waals surface area contributed by atoms with Crippen LogP contribution in [-0.4, -0.2) is 23.3 Å². The van der Waals surface area contributed by atoms with Gasteiger partial charge >= 0.3 is 0 Å². The van der Waals surface area contributed by atoms with Crippen LogP contribution in [0.15, 0.2) is 54.6 Å². The lowest BCUT2D eigenvalue weighted by molar-refractivity contribution is -0.384. The van der Waals surface area contributed by atoms with Crippen LogP contribution in [0.5, 0.6) is 0 Å². The van der Waals surface area contributed by atoms with Gasteiger partial charge in [-0.3, -0.25) is 19.7 Å². The lowest BCUT2D eigenvalue weighted by Crippen LogP contribution is -2.32. The molecule has 0 aliphatic rings. The topological polar surface area (TPSA) is 101 Å². The average Bonchev–Trinajstić information content (AvgIpc) is 2.62. The highest BCUT2D eigenvalue weighted by Crippen LogP contribution is 2.12. The fourth-order valence-corrected chi connectivity index (χ4v) is 2.26. The molecule has 0 aromatic heterocycles. The molecule has 130 valence electrons. The molecule has 7 heteroatoms. The summed E-state index contributed by atoms with van der Waals surface area (Å²) in [5.74, 6) is -0.542. The molecule has 25 heavy (non-hydrogen) atoms. The van der Waals surface area contributed by atoms with Crippen LogP contribution in [0.1, 0.15) is 35.3 Å². The highest BCUT2D eigenvalue weighted by atomic mass is 16.6. The number of nitrogens with one attached hydrogen (secondary N) is 2. The van der Waals surface area contributed by atoms with E-state index in [0.29, 0.717) is 5.56 Å². The van der Waals surface area contributed by atoms with E-state index in [1.165, 1.54) is 24.3 Å². The van der Waals surface area contributed by atoms with E-state index < -0.39 is 4.92 Å². The quantitative estimate of drug-likeness (QED) is 0.597. The van der Waals surface area contributed by atoms with Gasteiger partial charge in [0.25, 0.3) is 11.6 Å². The van der Waals surface area contributed by atoms with Gasteiger partial charge < -0.3 is 10.6 Å². The maximum absolute atomic E-state index is 11.9. The second-order valence-electron chi connectivity index (χ2n) is 5.51. The zero-order valence-corrected chi connectivity index (χ0v) is 13.8. The number of carbonyl (C=O) groups excluding carboxylic acids is 2. The van der Waals surface area contributed by atoms with Gasteiger partial charge in [-0.2, -0.15) is 0 Å². The lowest BCUT2D eigenvalue weighted by Gasteiger charge is -2.14. The number of nitro benzene ring substituents is 1. The molecule has 2 aromatic rings. The number of hydrogen-bond acceptors (Lipinski definition) is 4. The third-order valence-electron chi connectivity index (χ3n) is 3.65. The van der Waals surface area contributed by atoms with Gasteiger partial charge in [0.15, 0.2) is 0 Å². The van der Waals surface area contributed by atoms with Crippen LogP contribution in [0.3, 0.4) is 0 Å². The summed E-state index contributed by atoms with van der Waals surface area (Å²) in [5.41, 5.74) is 1.24. The molecule has 0 radical (unpaired) electrons. The van der Waals surface area contributed by atoms with Crippen LogP contribution in [-0.2, 0) is 4.79 Å². The van der Waals surface area contributed by atoms with Crippen LogP contribution in [0, 0.1) is 10.1 Å². The molecule has 2 aromatic carbocycles. The first kappa shape index (κ1) is 18.1. The van der Waals surface area contributed by atoms with Crippen LogP contribution in [0.2, 0.25) is 0 Å². The second-order valence-corrected chi connectivity index (χ2v) is 5.51. The highest BCUT2D eigenvalue weighted by Gasteiger charge is 2.11. The molecule has 0 saturated heterocycles. The number of hydrogen-bond donors (Lipinski definition) is 2. The summed E-state index contributed by atoms with van der Waals surface area (Å²) in [6, 6.07) is 14.8. The summed E-state index contributed by atoms with van der Waals surface area (Å²) in [5, 5.41) is 16.1. The van der Waals surface area contributed by atoms with Crippen molar-refractivity contribution in [2.24, 2.45) is 0 Å². The molecule has 1 unspecified atom stereocenters. The van der Waals surface area contributed by atoms with Crippen LogP contribution in [0.4, 0.5) is 5.69 Å². The molecule has 0 spiro atoms. The summed E-state index contributed by atoms with van der Waals surface area (Å²) in [4.78, 5) is 33.9. The second kappa shape index (κ2) is 8.58. The Hall–Kier alpha value is -3.22. The Morgan fingerprint density at radius 3 is 2.32 bits per heavy atom. The largest absolute Gasteiger partial charge is 0.352 e. The van der Waals surface area contributed by atoms with Crippen molar-refractivity contribution in [2.75, 3.05) is 6.54 Å². The van der Waals surface area contributed by atoms with Crippen molar-refractivity contribution in [1.29, 1.82) is 0 Å². The van der Waals surface area contributed by atoms with Crippen molar-refractivity contribution in [1.82, 2.24) is 10.6 Å². The van der Waals surface area contributed by atoms with Crippen molar-refractivity contribution >= 4 is 17.5 Å². The minimum absolute atomic E-state index is 0.0779. The number of nitrogens with zero attached hydrogens (tertiary/aromatic N) is 1. The fourth-order valence-electron chi connectivity index (χ4n) is 2.26. The summed E-state index contributed by atoms with van der Waals surface area (Å²) in [6.07, 6.45) is 0.149. The molecule has 0 aliphatic heterocycles. The van der Waals surface area contributed by atoms with E-state index in [4.69, 9.17) is 0 Å². The molecule has 2 N–H and O–H groups in total. The van der Waals surface area contributed by atoms with Crippen molar-refractivity contribution in [3.05, 3.63) is 75.8 Å². The number of benzene rings is 2. The van der Waals surface area contributed by atoms with E-state index in [0.717, 1.165) is 5.56 Å². The molecule has 0 aliphatic carbocycles. The zero-order valence-electron chi connectivity index (χ0n) is 13.8. The molecule has 1 atom stereocenters. The van der Waals surface area contributed by atoms with E-state index in [2.05, 4.69) is 10.6 Å². The first-order valence-corrected chi connectivity index (χ1v) is 7.84. The monoisotopic (exact) mass is 341 g/mol. The van der Waals surface area contributed by atoms with Crippen molar-refractivity contribution in [3.63, 3.8) is 0 Å². The molecule has 0 heterocycles. The van der Waals surface area contributed by atoms with Gasteiger partial charge in [-0.25, -0.2) is 0 Å². The standard InChI is InChI=1S/C18H19N3O4/c1-13(14-5-3-2-4-6-14)20-17(22)11-12-19-18(23)15-7-9-16(10-8-15)21(24)25/h2-10,13H,11-12H2,1H3,(H,19,23)(H,20,22). The van der Waals surface area contributed by atoms with Gasteiger partial charge in [0.2, 0.25) is 5.91 Å². The van der Waals surface area contributed by atoms with Crippen molar-refractivity contribution < 1.29 is 14.5 Å². The predicted molar refractivity (Wildman–Crippen MR) is 93.0 cm³/mol. The Morgan fingerprint density at radius 1 is 1.08 bits per heavy atom. The van der Waals surface area contributed by atoms with Gasteiger partial charge in [0.05, 0.1) is 11.0 Å². The zero-order chi connectivity index (χ0) is 18.2. The Bertz CT molecular complexity index is 745. The fraction of sp³-hybridized carbons (Fsp3) is 0.222. The summed E-state index contributed by atoms with van der Waals surface area (Å²) >= 11 is 0. The van der Waals surface area contributed by atoms with Gasteiger partial charge in [0.1, 0.15) is 0 Å². The Morgan fingerprint density at radius 2 is 1.72 bits per heavy atom. The molecule has 2 amide bonds. The van der Waals surface area contributed by atoms with E-state index in [-0.39, 0.29) is 36.5 Å². The van der Waals surface area contributed by atoms with E-state index in [1.807, 2.05) is 37.3 Å². The third kappa shape index (κ3) is 5.42. The van der Waals surface area contributed by atoms with Gasteiger partial charge in [-0.05, 0) is 24.6 Å². The summed E-state index contributed by atoms with van der Waals surface area (Å²) in [6.45, 7) is 2.08.